The Hall–Kier alpha value is -1.16. The lowest BCUT2D eigenvalue weighted by Gasteiger charge is -2.08. The van der Waals surface area contributed by atoms with Crippen molar-refractivity contribution in [1.29, 1.82) is 0 Å². The molecule has 2 nitrogen and oxygen atoms in total. The smallest absolute Gasteiger partial charge is 0.0488 e. The van der Waals surface area contributed by atoms with Crippen molar-refractivity contribution in [2.75, 3.05) is 5.32 Å². The van der Waals surface area contributed by atoms with E-state index in [0.29, 0.717) is 5.02 Å². The Morgan fingerprint density at radius 2 is 1.80 bits per heavy atom. The second-order valence-electron chi connectivity index (χ2n) is 4.48. The van der Waals surface area contributed by atoms with Gasteiger partial charge in [0, 0.05) is 43.8 Å². The highest BCUT2D eigenvalue weighted by Gasteiger charge is 2.05. The first-order valence-corrected chi connectivity index (χ1v) is 7.63. The van der Waals surface area contributed by atoms with Crippen LogP contribution in [-0.2, 0) is 6.54 Å². The predicted molar refractivity (Wildman–Crippen MR) is 89.8 cm³/mol. The maximum atomic E-state index is 5.98. The molecule has 0 amide bonds. The maximum absolute atomic E-state index is 5.98. The molecule has 20 heavy (non-hydrogen) atoms. The van der Waals surface area contributed by atoms with E-state index >= 15 is 0 Å². The first kappa shape index (κ1) is 13.8. The van der Waals surface area contributed by atoms with Gasteiger partial charge < -0.3 is 10.3 Å². The summed E-state index contributed by atoms with van der Waals surface area (Å²) in [6.07, 6.45) is 2.00. The van der Waals surface area contributed by atoms with Crippen LogP contribution in [0.4, 0.5) is 5.69 Å². The van der Waals surface area contributed by atoms with E-state index < -0.39 is 0 Å². The molecule has 0 aliphatic rings. The van der Waals surface area contributed by atoms with Crippen molar-refractivity contribution in [3.8, 4) is 0 Å². The highest BCUT2D eigenvalue weighted by molar-refractivity contribution is 9.10. The SMILES string of the molecule is Clc1ccc(NCc2c[nH]c3cc(Cl)ccc23)c(Br)c1. The highest BCUT2D eigenvalue weighted by Crippen LogP contribution is 2.27. The fraction of sp³-hybridized carbons (Fsp3) is 0.0667. The summed E-state index contributed by atoms with van der Waals surface area (Å²) in [6, 6.07) is 11.6. The Morgan fingerprint density at radius 1 is 1.05 bits per heavy atom. The first-order chi connectivity index (χ1) is 9.63. The summed E-state index contributed by atoms with van der Waals surface area (Å²) in [7, 11) is 0. The minimum Gasteiger partial charge on any atom is -0.380 e. The Morgan fingerprint density at radius 3 is 2.60 bits per heavy atom. The minimum absolute atomic E-state index is 0.712. The molecule has 3 rings (SSSR count). The Kier molecular flexibility index (Phi) is 3.92. The molecule has 0 saturated heterocycles. The van der Waals surface area contributed by atoms with E-state index in [9.17, 15) is 0 Å². The van der Waals surface area contributed by atoms with Gasteiger partial charge >= 0.3 is 0 Å². The first-order valence-electron chi connectivity index (χ1n) is 6.08. The summed E-state index contributed by atoms with van der Waals surface area (Å²) in [6.45, 7) is 0.724. The van der Waals surface area contributed by atoms with Crippen molar-refractivity contribution in [3.05, 3.63) is 62.7 Å². The number of hydrogen-bond donors (Lipinski definition) is 2. The summed E-state index contributed by atoms with van der Waals surface area (Å²) < 4.78 is 0.952. The van der Waals surface area contributed by atoms with Crippen LogP contribution in [0.1, 0.15) is 5.56 Å². The Balaban J connectivity index is 1.83. The number of benzene rings is 2. The van der Waals surface area contributed by atoms with Crippen LogP contribution in [0, 0.1) is 0 Å². The normalized spacial score (nSPS) is 10.9. The van der Waals surface area contributed by atoms with E-state index in [2.05, 4.69) is 26.2 Å². The molecule has 0 spiro atoms. The molecule has 102 valence electrons. The van der Waals surface area contributed by atoms with Crippen LogP contribution in [0.2, 0.25) is 10.0 Å². The number of fused-ring (bicyclic) bond motifs is 1. The molecule has 0 bridgehead atoms. The van der Waals surface area contributed by atoms with Crippen molar-refractivity contribution in [3.63, 3.8) is 0 Å². The average Bonchev–Trinajstić information content (AvgIpc) is 2.80. The predicted octanol–water partition coefficient (Wildman–Crippen LogP) is 5.85. The highest BCUT2D eigenvalue weighted by atomic mass is 79.9. The van der Waals surface area contributed by atoms with Gasteiger partial charge in [-0.05, 0) is 51.8 Å². The lowest BCUT2D eigenvalue weighted by atomic mass is 10.2. The number of aromatic nitrogens is 1. The molecule has 1 heterocycles. The lowest BCUT2D eigenvalue weighted by molar-refractivity contribution is 1.16. The molecular formula is C15H11BrCl2N2. The van der Waals surface area contributed by atoms with E-state index in [1.807, 2.05) is 42.6 Å². The van der Waals surface area contributed by atoms with Crippen LogP contribution in [0.15, 0.2) is 47.1 Å². The second-order valence-corrected chi connectivity index (χ2v) is 6.21. The molecule has 0 aliphatic heterocycles. The number of rotatable bonds is 3. The van der Waals surface area contributed by atoms with Gasteiger partial charge in [-0.3, -0.25) is 0 Å². The van der Waals surface area contributed by atoms with Crippen LogP contribution in [0.5, 0.6) is 0 Å². The minimum atomic E-state index is 0.712. The number of halogens is 3. The summed E-state index contributed by atoms with van der Waals surface area (Å²) in [5.74, 6) is 0. The fourth-order valence-electron chi connectivity index (χ4n) is 2.13. The van der Waals surface area contributed by atoms with Gasteiger partial charge in [-0.2, -0.15) is 0 Å². The van der Waals surface area contributed by atoms with Gasteiger partial charge in [0.1, 0.15) is 0 Å². The van der Waals surface area contributed by atoms with Gasteiger partial charge in [-0.15, -0.1) is 0 Å². The molecule has 2 aromatic carbocycles. The van der Waals surface area contributed by atoms with Crippen LogP contribution in [0.3, 0.4) is 0 Å². The van der Waals surface area contributed by atoms with Gasteiger partial charge in [0.25, 0.3) is 0 Å². The number of H-pyrrole nitrogens is 1. The number of anilines is 1. The quantitative estimate of drug-likeness (QED) is 0.595. The molecule has 0 saturated carbocycles. The van der Waals surface area contributed by atoms with Crippen molar-refractivity contribution in [1.82, 2.24) is 4.98 Å². The molecule has 0 unspecified atom stereocenters. The molecule has 0 aliphatic carbocycles. The molecule has 0 fully saturated rings. The van der Waals surface area contributed by atoms with E-state index in [-0.39, 0.29) is 0 Å². The Labute approximate surface area is 135 Å². The molecule has 3 aromatic rings. The van der Waals surface area contributed by atoms with E-state index in [4.69, 9.17) is 23.2 Å². The van der Waals surface area contributed by atoms with Crippen molar-refractivity contribution < 1.29 is 0 Å². The summed E-state index contributed by atoms with van der Waals surface area (Å²) in [5, 5.41) is 6.01. The maximum Gasteiger partial charge on any atom is 0.0488 e. The zero-order valence-corrected chi connectivity index (χ0v) is 13.5. The van der Waals surface area contributed by atoms with E-state index in [1.165, 1.54) is 10.9 Å². The Bertz CT molecular complexity index is 768. The zero-order chi connectivity index (χ0) is 14.1. The number of aromatic amines is 1. The van der Waals surface area contributed by atoms with Gasteiger partial charge in [0.15, 0.2) is 0 Å². The van der Waals surface area contributed by atoms with Crippen LogP contribution in [0.25, 0.3) is 10.9 Å². The van der Waals surface area contributed by atoms with Crippen molar-refractivity contribution >= 4 is 55.7 Å². The van der Waals surface area contributed by atoms with Crippen LogP contribution >= 0.6 is 39.1 Å². The number of nitrogens with one attached hydrogen (secondary N) is 2. The van der Waals surface area contributed by atoms with Gasteiger partial charge in [0.05, 0.1) is 0 Å². The third-order valence-corrected chi connectivity index (χ3v) is 4.26. The largest absolute Gasteiger partial charge is 0.380 e. The molecule has 0 atom stereocenters. The van der Waals surface area contributed by atoms with Crippen molar-refractivity contribution in [2.24, 2.45) is 0 Å². The molecule has 5 heteroatoms. The van der Waals surface area contributed by atoms with Gasteiger partial charge in [-0.1, -0.05) is 29.3 Å². The van der Waals surface area contributed by atoms with Gasteiger partial charge in [-0.25, -0.2) is 0 Å². The lowest BCUT2D eigenvalue weighted by Crippen LogP contribution is -1.99. The summed E-state index contributed by atoms with van der Waals surface area (Å²) in [5.41, 5.74) is 3.25. The molecule has 2 N–H and O–H groups in total. The third kappa shape index (κ3) is 2.80. The molecular weight excluding hydrogens is 359 g/mol. The van der Waals surface area contributed by atoms with Crippen LogP contribution < -0.4 is 5.32 Å². The van der Waals surface area contributed by atoms with Gasteiger partial charge in [0.2, 0.25) is 0 Å². The molecule has 1 aromatic heterocycles. The third-order valence-electron chi connectivity index (χ3n) is 3.13. The molecule has 0 radical (unpaired) electrons. The van der Waals surface area contributed by atoms with E-state index in [1.54, 1.807) is 0 Å². The topological polar surface area (TPSA) is 27.8 Å². The second kappa shape index (κ2) is 5.68. The van der Waals surface area contributed by atoms with Crippen LogP contribution in [-0.4, -0.2) is 4.98 Å². The van der Waals surface area contributed by atoms with E-state index in [0.717, 1.165) is 27.2 Å². The standard InChI is InChI=1S/C15H11BrCl2N2/c16-13-5-10(17)2-4-14(13)19-7-9-8-20-15-6-11(18)1-3-12(9)15/h1-6,8,19-20H,7H2. The van der Waals surface area contributed by atoms with Crippen molar-refractivity contribution in [2.45, 2.75) is 6.54 Å². The number of hydrogen-bond acceptors (Lipinski definition) is 1. The average molecular weight is 370 g/mol. The monoisotopic (exact) mass is 368 g/mol. The zero-order valence-electron chi connectivity index (χ0n) is 10.4. The summed E-state index contributed by atoms with van der Waals surface area (Å²) in [4.78, 5) is 3.23. The fourth-order valence-corrected chi connectivity index (χ4v) is 3.12. The summed E-state index contributed by atoms with van der Waals surface area (Å²) >= 11 is 15.4.